The van der Waals surface area contributed by atoms with Crippen molar-refractivity contribution in [2.45, 2.75) is 71.8 Å². The molecule has 3 aromatic rings. The number of hydrogen-bond acceptors (Lipinski definition) is 5. The number of benzene rings is 2. The second kappa shape index (κ2) is 15.0. The number of fused-ring (bicyclic) bond motifs is 1. The average molecular weight is 561 g/mol. The van der Waals surface area contributed by atoms with Gasteiger partial charge in [-0.3, -0.25) is 9.59 Å². The monoisotopic (exact) mass is 560 g/mol. The molecule has 0 radical (unpaired) electrons. The Labute approximate surface area is 245 Å². The van der Waals surface area contributed by atoms with Crippen molar-refractivity contribution in [3.8, 4) is 0 Å². The summed E-state index contributed by atoms with van der Waals surface area (Å²) in [6.07, 6.45) is 9.07. The van der Waals surface area contributed by atoms with Gasteiger partial charge in [-0.05, 0) is 94.2 Å². The van der Waals surface area contributed by atoms with Gasteiger partial charge in [0.2, 0.25) is 5.95 Å². The molecule has 1 aliphatic heterocycles. The maximum Gasteiger partial charge on any atom is 0.253 e. The third-order valence-electron chi connectivity index (χ3n) is 7.94. The van der Waals surface area contributed by atoms with Crippen LogP contribution in [0.1, 0.15) is 85.9 Å². The highest BCUT2D eigenvalue weighted by Crippen LogP contribution is 2.26. The number of rotatable bonds is 14. The molecule has 0 aliphatic carbocycles. The van der Waals surface area contributed by atoms with E-state index in [0.717, 1.165) is 86.5 Å². The van der Waals surface area contributed by atoms with Gasteiger partial charge in [-0.25, -0.2) is 4.98 Å². The number of aromatic nitrogens is 2. The molecule has 2 amide bonds. The number of unbranched alkanes of at least 4 members (excludes halogenated alkanes) is 2. The molecule has 1 aromatic heterocycles. The van der Waals surface area contributed by atoms with Crippen LogP contribution in [0.15, 0.2) is 42.5 Å². The van der Waals surface area contributed by atoms with Crippen molar-refractivity contribution in [2.75, 3.05) is 52.1 Å². The van der Waals surface area contributed by atoms with Gasteiger partial charge in [0, 0.05) is 50.5 Å². The van der Waals surface area contributed by atoms with Gasteiger partial charge < -0.3 is 24.6 Å². The quantitative estimate of drug-likeness (QED) is 0.247. The van der Waals surface area contributed by atoms with E-state index in [0.29, 0.717) is 5.56 Å². The van der Waals surface area contributed by atoms with E-state index < -0.39 is 0 Å². The molecule has 1 N–H and O–H groups in total. The number of nitrogens with zero attached hydrogens (tertiary/aromatic N) is 5. The van der Waals surface area contributed by atoms with Crippen molar-refractivity contribution in [3.05, 3.63) is 53.6 Å². The predicted octanol–water partition coefficient (Wildman–Crippen LogP) is 6.40. The number of amides is 2. The molecule has 0 unspecified atom stereocenters. The van der Waals surface area contributed by atoms with E-state index in [4.69, 9.17) is 4.98 Å². The van der Waals surface area contributed by atoms with Crippen LogP contribution < -0.4 is 5.32 Å². The molecule has 4 rings (SSSR count). The molecule has 8 nitrogen and oxygen atoms in total. The van der Waals surface area contributed by atoms with Crippen LogP contribution in [0.4, 0.5) is 11.6 Å². The van der Waals surface area contributed by atoms with Crippen LogP contribution in [0, 0.1) is 0 Å². The van der Waals surface area contributed by atoms with Crippen molar-refractivity contribution >= 4 is 34.5 Å². The Balaban J connectivity index is 1.61. The standard InChI is InChI=1S/C33H48N6O2/c1-5-7-22-38(23-8-6-2)32(41)27-15-18-29-30(25-27)39(24-12-21-37-19-10-9-11-20-37)33(35-29)34-28-16-13-26(14-17-28)31(40)36(3)4/h13-18,25H,5-12,19-24H2,1-4H3,(H,34,35). The van der Waals surface area contributed by atoms with E-state index in [1.807, 2.05) is 47.4 Å². The van der Waals surface area contributed by atoms with Crippen LogP contribution in [0.5, 0.6) is 0 Å². The molecule has 0 saturated carbocycles. The number of piperidine rings is 1. The Morgan fingerprint density at radius 2 is 1.49 bits per heavy atom. The summed E-state index contributed by atoms with van der Waals surface area (Å²) in [5.74, 6) is 0.833. The summed E-state index contributed by atoms with van der Waals surface area (Å²) >= 11 is 0. The lowest BCUT2D eigenvalue weighted by molar-refractivity contribution is 0.0750. The minimum absolute atomic E-state index is 0.0226. The van der Waals surface area contributed by atoms with Gasteiger partial charge in [-0.1, -0.05) is 33.1 Å². The van der Waals surface area contributed by atoms with Gasteiger partial charge >= 0.3 is 0 Å². The highest BCUT2D eigenvalue weighted by molar-refractivity contribution is 5.98. The summed E-state index contributed by atoms with van der Waals surface area (Å²) in [5, 5.41) is 3.49. The van der Waals surface area contributed by atoms with Gasteiger partial charge in [-0.2, -0.15) is 0 Å². The maximum absolute atomic E-state index is 13.6. The molecular weight excluding hydrogens is 512 g/mol. The highest BCUT2D eigenvalue weighted by Gasteiger charge is 2.19. The topological polar surface area (TPSA) is 73.7 Å². The summed E-state index contributed by atoms with van der Waals surface area (Å²) in [6.45, 7) is 10.1. The number of likely N-dealkylation sites (tertiary alicyclic amines) is 1. The zero-order valence-corrected chi connectivity index (χ0v) is 25.5. The lowest BCUT2D eigenvalue weighted by atomic mass is 10.1. The number of carbonyl (C=O) groups is 2. The lowest BCUT2D eigenvalue weighted by Gasteiger charge is -2.26. The SMILES string of the molecule is CCCCN(CCCC)C(=O)c1ccc2nc(Nc3ccc(C(=O)N(C)C)cc3)n(CCCN3CCCCC3)c2c1. The fourth-order valence-corrected chi connectivity index (χ4v) is 5.49. The predicted molar refractivity (Wildman–Crippen MR) is 168 cm³/mol. The molecule has 8 heteroatoms. The fraction of sp³-hybridized carbons (Fsp3) is 0.545. The van der Waals surface area contributed by atoms with Crippen LogP contribution in [-0.2, 0) is 6.54 Å². The van der Waals surface area contributed by atoms with Crippen molar-refractivity contribution in [2.24, 2.45) is 0 Å². The van der Waals surface area contributed by atoms with E-state index >= 15 is 0 Å². The maximum atomic E-state index is 13.6. The molecule has 1 saturated heterocycles. The second-order valence-electron chi connectivity index (χ2n) is 11.4. The molecule has 0 atom stereocenters. The van der Waals surface area contributed by atoms with E-state index in [1.165, 1.54) is 32.4 Å². The first-order valence-electron chi connectivity index (χ1n) is 15.5. The third-order valence-corrected chi connectivity index (χ3v) is 7.94. The van der Waals surface area contributed by atoms with Crippen LogP contribution in [0.3, 0.4) is 0 Å². The number of aryl methyl sites for hydroxylation is 1. The molecular formula is C33H48N6O2. The Morgan fingerprint density at radius 1 is 0.829 bits per heavy atom. The average Bonchev–Trinajstić information content (AvgIpc) is 3.33. The summed E-state index contributed by atoms with van der Waals surface area (Å²) in [4.78, 5) is 37.0. The number of carbonyl (C=O) groups excluding carboxylic acids is 2. The lowest BCUT2D eigenvalue weighted by Crippen LogP contribution is -2.33. The summed E-state index contributed by atoms with van der Waals surface area (Å²) < 4.78 is 2.22. The number of hydrogen-bond donors (Lipinski definition) is 1. The van der Waals surface area contributed by atoms with E-state index in [1.54, 1.807) is 19.0 Å². The van der Waals surface area contributed by atoms with Gasteiger partial charge in [-0.15, -0.1) is 0 Å². The number of anilines is 2. The molecule has 41 heavy (non-hydrogen) atoms. The van der Waals surface area contributed by atoms with Crippen LogP contribution in [0.25, 0.3) is 11.0 Å². The van der Waals surface area contributed by atoms with Gasteiger partial charge in [0.05, 0.1) is 11.0 Å². The largest absolute Gasteiger partial charge is 0.345 e. The molecule has 222 valence electrons. The molecule has 0 spiro atoms. The first-order chi connectivity index (χ1) is 19.9. The van der Waals surface area contributed by atoms with Crippen molar-refractivity contribution in [3.63, 3.8) is 0 Å². The second-order valence-corrected chi connectivity index (χ2v) is 11.4. The zero-order valence-electron chi connectivity index (χ0n) is 25.5. The summed E-state index contributed by atoms with van der Waals surface area (Å²) in [6, 6.07) is 13.4. The molecule has 0 bridgehead atoms. The normalized spacial score (nSPS) is 13.9. The Morgan fingerprint density at radius 3 is 2.12 bits per heavy atom. The minimum atomic E-state index is -0.0226. The van der Waals surface area contributed by atoms with Gasteiger partial charge in [0.15, 0.2) is 0 Å². The molecule has 2 aromatic carbocycles. The molecule has 1 aliphatic rings. The van der Waals surface area contributed by atoms with Crippen molar-refractivity contribution in [1.29, 1.82) is 0 Å². The molecule has 1 fully saturated rings. The Kier molecular flexibility index (Phi) is 11.2. The van der Waals surface area contributed by atoms with Crippen LogP contribution in [0.2, 0.25) is 0 Å². The van der Waals surface area contributed by atoms with Crippen molar-refractivity contribution < 1.29 is 9.59 Å². The van der Waals surface area contributed by atoms with Gasteiger partial charge in [0.25, 0.3) is 11.8 Å². The summed E-state index contributed by atoms with van der Waals surface area (Å²) in [5.41, 5.74) is 4.08. The summed E-state index contributed by atoms with van der Waals surface area (Å²) in [7, 11) is 3.51. The Bertz CT molecular complexity index is 1270. The fourth-order valence-electron chi connectivity index (χ4n) is 5.49. The number of nitrogens with one attached hydrogen (secondary N) is 1. The zero-order chi connectivity index (χ0) is 29.2. The van der Waals surface area contributed by atoms with E-state index in [-0.39, 0.29) is 11.8 Å². The van der Waals surface area contributed by atoms with E-state index in [9.17, 15) is 9.59 Å². The third kappa shape index (κ3) is 8.09. The van der Waals surface area contributed by atoms with E-state index in [2.05, 4.69) is 28.6 Å². The molecule has 2 heterocycles. The van der Waals surface area contributed by atoms with Crippen LogP contribution in [-0.4, -0.2) is 82.9 Å². The number of imidazole rings is 1. The van der Waals surface area contributed by atoms with Gasteiger partial charge in [0.1, 0.15) is 0 Å². The van der Waals surface area contributed by atoms with Crippen molar-refractivity contribution in [1.82, 2.24) is 24.3 Å². The highest BCUT2D eigenvalue weighted by atomic mass is 16.2. The Hall–Kier alpha value is -3.39. The smallest absolute Gasteiger partial charge is 0.253 e. The minimum Gasteiger partial charge on any atom is -0.345 e. The first-order valence-corrected chi connectivity index (χ1v) is 15.5. The first kappa shape index (κ1) is 30.6. The van der Waals surface area contributed by atoms with Crippen LogP contribution >= 0.6 is 0 Å².